The molecule has 0 aliphatic carbocycles. The summed E-state index contributed by atoms with van der Waals surface area (Å²) in [5, 5.41) is 0. The van der Waals surface area contributed by atoms with E-state index in [1.165, 1.54) is 69.3 Å². The van der Waals surface area contributed by atoms with Gasteiger partial charge in [0.25, 0.3) is 0 Å². The van der Waals surface area contributed by atoms with Crippen LogP contribution in [0.15, 0.2) is 109 Å². The molecule has 0 aliphatic heterocycles. The first-order chi connectivity index (χ1) is 24.4. The van der Waals surface area contributed by atoms with Crippen LogP contribution in [-0.4, -0.2) is 42.0 Å². The number of hydrogen-bond donors (Lipinski definition) is 0. The molecule has 0 amide bonds. The first kappa shape index (κ1) is 39.5. The van der Waals surface area contributed by atoms with Gasteiger partial charge < -0.3 is 28.4 Å². The Labute approximate surface area is 298 Å². The molecule has 0 heterocycles. The summed E-state index contributed by atoms with van der Waals surface area (Å²) in [6, 6.07) is 14.6. The molecule has 0 unspecified atom stereocenters. The Kier molecular flexibility index (Phi) is 13.4. The second-order valence-corrected chi connectivity index (χ2v) is 11.3. The summed E-state index contributed by atoms with van der Waals surface area (Å²) in [5.41, 5.74) is 1.84. The van der Waals surface area contributed by atoms with Gasteiger partial charge in [-0.15, -0.1) is 0 Å². The molecule has 0 atom stereocenters. The Balaban J connectivity index is 1.98. The average molecular weight is 711 g/mol. The largest absolute Gasteiger partial charge is 0.526 e. The molecular weight excluding hydrogens is 676 g/mol. The number of esters is 4. The lowest BCUT2D eigenvalue weighted by atomic mass is 9.97. The first-order valence-corrected chi connectivity index (χ1v) is 15.3. The van der Waals surface area contributed by atoms with Gasteiger partial charge in [0.05, 0.1) is 6.42 Å². The van der Waals surface area contributed by atoms with Crippen LogP contribution in [0, 0.1) is 0 Å². The van der Waals surface area contributed by atoms with E-state index in [2.05, 4.69) is 35.8 Å². The minimum absolute atomic E-state index is 0.0220. The number of Topliss-reactive ketones (excluding diaryl/α,β-unsaturated/α-hetero) is 1. The van der Waals surface area contributed by atoms with Crippen LogP contribution in [0.3, 0.4) is 0 Å². The summed E-state index contributed by atoms with van der Waals surface area (Å²) < 4.78 is 30.2. The molecule has 268 valence electrons. The first-order valence-electron chi connectivity index (χ1n) is 15.3. The van der Waals surface area contributed by atoms with Crippen molar-refractivity contribution in [3.63, 3.8) is 0 Å². The highest BCUT2D eigenvalue weighted by Crippen LogP contribution is 2.42. The standard InChI is InChI=1S/C39H34O13/c1-21(2)31(40)17-18-34(41)47-27-13-9-25(10-14-27)29-19-33(50-36(43)23(5)6)30(20-32(29)49-35(42)22(3)4)26-11-15-28(16-12-26)48-38(45)52-39(46)51-37(44)24(7)8/h9-16,19-20H,1,3,5,7,17-18H2,2,4,6,8H3. The van der Waals surface area contributed by atoms with Gasteiger partial charge in [0.15, 0.2) is 5.78 Å². The van der Waals surface area contributed by atoms with Gasteiger partial charge in [-0.05, 0) is 80.8 Å². The zero-order valence-electron chi connectivity index (χ0n) is 28.8. The molecule has 0 bridgehead atoms. The zero-order chi connectivity index (χ0) is 38.7. The fourth-order valence-electron chi connectivity index (χ4n) is 3.94. The van der Waals surface area contributed by atoms with Crippen LogP contribution in [0.4, 0.5) is 9.59 Å². The minimum atomic E-state index is -1.61. The number of hydrogen-bond acceptors (Lipinski definition) is 13. The van der Waals surface area contributed by atoms with E-state index >= 15 is 0 Å². The van der Waals surface area contributed by atoms with E-state index in [9.17, 15) is 33.6 Å². The lowest BCUT2D eigenvalue weighted by Gasteiger charge is -2.17. The molecule has 0 saturated heterocycles. The van der Waals surface area contributed by atoms with Gasteiger partial charge in [-0.2, -0.15) is 0 Å². The van der Waals surface area contributed by atoms with Crippen LogP contribution in [-0.2, 0) is 33.4 Å². The number of ether oxygens (including phenoxy) is 6. The highest BCUT2D eigenvalue weighted by atomic mass is 16.8. The highest BCUT2D eigenvalue weighted by Gasteiger charge is 2.22. The molecule has 0 aliphatic rings. The normalized spacial score (nSPS) is 10.2. The summed E-state index contributed by atoms with van der Waals surface area (Å²) in [4.78, 5) is 84.7. The van der Waals surface area contributed by atoms with Gasteiger partial charge in [-0.1, -0.05) is 50.6 Å². The Hall–Kier alpha value is -6.89. The summed E-state index contributed by atoms with van der Waals surface area (Å²) in [6.07, 6.45) is -3.28. The van der Waals surface area contributed by atoms with Crippen LogP contribution >= 0.6 is 0 Å². The van der Waals surface area contributed by atoms with Crippen molar-refractivity contribution < 1.29 is 62.0 Å². The third-order valence-corrected chi connectivity index (χ3v) is 6.67. The Morgan fingerprint density at radius 3 is 1.31 bits per heavy atom. The average Bonchev–Trinajstić information content (AvgIpc) is 3.07. The molecule has 0 spiro atoms. The molecule has 0 N–H and O–H groups in total. The maximum Gasteiger partial charge on any atom is 0.526 e. The van der Waals surface area contributed by atoms with Crippen molar-refractivity contribution in [3.8, 4) is 45.3 Å². The predicted molar refractivity (Wildman–Crippen MR) is 186 cm³/mol. The molecule has 0 saturated carbocycles. The van der Waals surface area contributed by atoms with E-state index in [-0.39, 0.29) is 63.9 Å². The smallest absolute Gasteiger partial charge is 0.427 e. The van der Waals surface area contributed by atoms with Crippen molar-refractivity contribution >= 4 is 42.0 Å². The lowest BCUT2D eigenvalue weighted by molar-refractivity contribution is -0.136. The number of carbonyl (C=O) groups is 7. The molecule has 13 heteroatoms. The van der Waals surface area contributed by atoms with E-state index < -0.39 is 36.2 Å². The topological polar surface area (TPSA) is 175 Å². The van der Waals surface area contributed by atoms with E-state index in [1.54, 1.807) is 19.1 Å². The monoisotopic (exact) mass is 710 g/mol. The molecule has 13 nitrogen and oxygen atoms in total. The lowest BCUT2D eigenvalue weighted by Crippen LogP contribution is -2.20. The zero-order valence-corrected chi connectivity index (χ0v) is 28.8. The quantitative estimate of drug-likeness (QED) is 0.0559. The fourth-order valence-corrected chi connectivity index (χ4v) is 3.94. The Morgan fingerprint density at radius 2 is 0.904 bits per heavy atom. The SMILES string of the molecule is C=C(C)C(=O)CCC(=O)Oc1ccc(-c2cc(OC(=O)C(=C)C)c(-c3ccc(OC(=O)OC(=O)OC(=O)C(=C)C)cc3)cc2OC(=O)C(=C)C)cc1. The third kappa shape index (κ3) is 11.3. The van der Waals surface area contributed by atoms with Crippen LogP contribution in [0.1, 0.15) is 40.5 Å². The van der Waals surface area contributed by atoms with E-state index in [0.717, 1.165) is 0 Å². The third-order valence-electron chi connectivity index (χ3n) is 6.67. The molecule has 3 rings (SSSR count). The molecule has 3 aromatic carbocycles. The highest BCUT2D eigenvalue weighted by molar-refractivity contribution is 5.97. The Morgan fingerprint density at radius 1 is 0.481 bits per heavy atom. The van der Waals surface area contributed by atoms with Crippen molar-refractivity contribution in [1.82, 2.24) is 0 Å². The summed E-state index contributed by atoms with van der Waals surface area (Å²) in [7, 11) is 0. The van der Waals surface area contributed by atoms with E-state index in [0.29, 0.717) is 22.3 Å². The molecular formula is C39H34O13. The number of benzene rings is 3. The van der Waals surface area contributed by atoms with Crippen LogP contribution < -0.4 is 18.9 Å². The predicted octanol–water partition coefficient (Wildman–Crippen LogP) is 7.57. The van der Waals surface area contributed by atoms with Gasteiger partial charge in [0.1, 0.15) is 23.0 Å². The summed E-state index contributed by atoms with van der Waals surface area (Å²) in [6.45, 7) is 19.9. The van der Waals surface area contributed by atoms with Crippen molar-refractivity contribution in [2.75, 3.05) is 0 Å². The molecule has 0 radical (unpaired) electrons. The van der Waals surface area contributed by atoms with Gasteiger partial charge in [0, 0.05) is 34.3 Å². The number of rotatable bonds is 13. The van der Waals surface area contributed by atoms with Crippen molar-refractivity contribution in [2.24, 2.45) is 0 Å². The van der Waals surface area contributed by atoms with Gasteiger partial charge in [-0.3, -0.25) is 9.59 Å². The Bertz CT molecular complexity index is 2000. The second-order valence-electron chi connectivity index (χ2n) is 11.3. The summed E-state index contributed by atoms with van der Waals surface area (Å²) >= 11 is 0. The number of ketones is 1. The van der Waals surface area contributed by atoms with Crippen molar-refractivity contribution in [1.29, 1.82) is 0 Å². The van der Waals surface area contributed by atoms with Crippen molar-refractivity contribution in [3.05, 3.63) is 109 Å². The van der Waals surface area contributed by atoms with Gasteiger partial charge in [0.2, 0.25) is 0 Å². The molecule has 0 fully saturated rings. The summed E-state index contributed by atoms with van der Waals surface area (Å²) in [5.74, 6) is -3.31. The van der Waals surface area contributed by atoms with E-state index in [4.69, 9.17) is 18.9 Å². The number of allylic oxidation sites excluding steroid dienone is 1. The molecule has 52 heavy (non-hydrogen) atoms. The van der Waals surface area contributed by atoms with Gasteiger partial charge in [-0.25, -0.2) is 24.0 Å². The van der Waals surface area contributed by atoms with Crippen LogP contribution in [0.2, 0.25) is 0 Å². The maximum atomic E-state index is 12.7. The van der Waals surface area contributed by atoms with Crippen molar-refractivity contribution in [2.45, 2.75) is 40.5 Å². The molecule has 0 aromatic heterocycles. The second kappa shape index (κ2) is 17.7. The fraction of sp³-hybridized carbons (Fsp3) is 0.154. The minimum Gasteiger partial charge on any atom is -0.427 e. The van der Waals surface area contributed by atoms with E-state index in [1.807, 2.05) is 0 Å². The maximum absolute atomic E-state index is 12.7. The van der Waals surface area contributed by atoms with Crippen LogP contribution in [0.5, 0.6) is 23.0 Å². The number of carbonyl (C=O) groups excluding carboxylic acids is 7. The van der Waals surface area contributed by atoms with Crippen LogP contribution in [0.25, 0.3) is 22.3 Å². The molecule has 3 aromatic rings. The van der Waals surface area contributed by atoms with Gasteiger partial charge >= 0.3 is 36.2 Å².